The van der Waals surface area contributed by atoms with Crippen molar-refractivity contribution < 1.29 is 18.8 Å². The van der Waals surface area contributed by atoms with Crippen LogP contribution in [0.25, 0.3) is 0 Å². The van der Waals surface area contributed by atoms with Crippen molar-refractivity contribution in [2.24, 2.45) is 10.2 Å². The molecule has 1 rings (SSSR count). The van der Waals surface area contributed by atoms with Gasteiger partial charge in [0.25, 0.3) is 0 Å². The molecule has 0 N–H and O–H groups in total. The molecule has 0 aromatic heterocycles. The first-order valence-corrected chi connectivity index (χ1v) is 9.10. The van der Waals surface area contributed by atoms with E-state index in [9.17, 15) is 9.59 Å². The van der Waals surface area contributed by atoms with Gasteiger partial charge < -0.3 is 9.16 Å². The van der Waals surface area contributed by atoms with E-state index < -0.39 is 20.5 Å². The molecule has 1 aromatic carbocycles. The first-order chi connectivity index (χ1) is 8.76. The Morgan fingerprint density at radius 1 is 1.11 bits per heavy atom. The van der Waals surface area contributed by atoms with Gasteiger partial charge in [0.05, 0.1) is 0 Å². The van der Waals surface area contributed by atoms with Crippen molar-refractivity contribution >= 4 is 20.5 Å². The van der Waals surface area contributed by atoms with Crippen LogP contribution in [0.5, 0.6) is 5.75 Å². The topological polar surface area (TPSA) is 77.3 Å². The number of hydrogen-bond acceptors (Lipinski definition) is 4. The van der Waals surface area contributed by atoms with Gasteiger partial charge in [-0.1, -0.05) is 22.4 Å². The van der Waals surface area contributed by atoms with Gasteiger partial charge >= 0.3 is 12.2 Å². The van der Waals surface area contributed by atoms with Crippen molar-refractivity contribution in [3.63, 3.8) is 0 Å². The van der Waals surface area contributed by atoms with Crippen molar-refractivity contribution in [3.8, 4) is 5.75 Å². The third-order valence-electron chi connectivity index (χ3n) is 1.80. The first-order valence-electron chi connectivity index (χ1n) is 5.69. The van der Waals surface area contributed by atoms with Crippen molar-refractivity contribution in [3.05, 3.63) is 29.8 Å². The fraction of sp³-hybridized carbons (Fsp3) is 0.333. The van der Waals surface area contributed by atoms with Gasteiger partial charge in [-0.05, 0) is 44.3 Å². The Bertz CT molecular complexity index is 509. The molecule has 0 fully saturated rings. The van der Waals surface area contributed by atoms with Gasteiger partial charge in [-0.15, -0.1) is 0 Å². The van der Waals surface area contributed by atoms with E-state index in [1.54, 1.807) is 18.2 Å². The van der Waals surface area contributed by atoms with Crippen LogP contribution in [0.2, 0.25) is 19.6 Å². The summed E-state index contributed by atoms with van der Waals surface area (Å²) in [6, 6.07) is 6.90. The second-order valence-corrected chi connectivity index (χ2v) is 9.29. The highest BCUT2D eigenvalue weighted by Gasteiger charge is 2.19. The van der Waals surface area contributed by atoms with E-state index in [1.807, 2.05) is 32.6 Å². The van der Waals surface area contributed by atoms with Crippen molar-refractivity contribution in [2.45, 2.75) is 26.6 Å². The number of nitrogens with zero attached hydrogens (tertiary/aromatic N) is 2. The summed E-state index contributed by atoms with van der Waals surface area (Å²) >= 11 is 0. The van der Waals surface area contributed by atoms with Crippen LogP contribution in [0, 0.1) is 6.92 Å². The zero-order chi connectivity index (χ0) is 14.5. The van der Waals surface area contributed by atoms with Crippen LogP contribution >= 0.6 is 0 Å². The smallest absolute Gasteiger partial charge is 0.458 e. The molecule has 0 atom stereocenters. The monoisotopic (exact) mass is 280 g/mol. The van der Waals surface area contributed by atoms with Gasteiger partial charge in [0.2, 0.25) is 8.32 Å². The van der Waals surface area contributed by atoms with E-state index in [0.29, 0.717) is 5.75 Å². The maximum atomic E-state index is 11.3. The van der Waals surface area contributed by atoms with Gasteiger partial charge in [-0.3, -0.25) is 0 Å². The maximum absolute atomic E-state index is 11.3. The molecule has 2 amide bonds. The first kappa shape index (κ1) is 15.0. The molecule has 0 aliphatic heterocycles. The van der Waals surface area contributed by atoms with Crippen LogP contribution in [-0.4, -0.2) is 20.5 Å². The SMILES string of the molecule is Cc1cccc(OC(=O)/N=N/C(=O)O[Si](C)(C)C)c1. The van der Waals surface area contributed by atoms with Gasteiger partial charge in [-0.2, -0.15) is 0 Å². The number of carbonyl (C=O) groups is 2. The lowest BCUT2D eigenvalue weighted by Gasteiger charge is -2.13. The summed E-state index contributed by atoms with van der Waals surface area (Å²) in [5.74, 6) is 0.350. The highest BCUT2D eigenvalue weighted by molar-refractivity contribution is 6.71. The minimum atomic E-state index is -2.03. The molecule has 0 unspecified atom stereocenters. The molecule has 102 valence electrons. The third-order valence-corrected chi connectivity index (χ3v) is 2.59. The number of hydrogen-bond donors (Lipinski definition) is 0. The number of benzene rings is 1. The lowest BCUT2D eigenvalue weighted by molar-refractivity contribution is 0.199. The number of azo groups is 1. The summed E-state index contributed by atoms with van der Waals surface area (Å²) in [6.07, 6.45) is -1.83. The molecule has 7 heteroatoms. The lowest BCUT2D eigenvalue weighted by atomic mass is 10.2. The maximum Gasteiger partial charge on any atom is 0.458 e. The standard InChI is InChI=1S/C12H16N2O4Si/c1-9-6-5-7-10(8-9)17-11(15)13-14-12(16)18-19(2,3)4/h5-8H,1-4H3/b14-13+. The Morgan fingerprint density at radius 2 is 1.74 bits per heavy atom. The van der Waals surface area contributed by atoms with Crippen molar-refractivity contribution in [1.82, 2.24) is 0 Å². The summed E-state index contributed by atoms with van der Waals surface area (Å²) in [5, 5.41) is 6.30. The number of rotatable bonds is 2. The fourth-order valence-corrected chi connectivity index (χ4v) is 1.73. The molecule has 0 heterocycles. The van der Waals surface area contributed by atoms with Crippen LogP contribution in [0.15, 0.2) is 34.5 Å². The molecule has 19 heavy (non-hydrogen) atoms. The third kappa shape index (κ3) is 6.46. The summed E-state index contributed by atoms with van der Waals surface area (Å²) in [7, 11) is -2.03. The Balaban J connectivity index is 2.54. The predicted octanol–water partition coefficient (Wildman–Crippen LogP) is 3.92. The predicted molar refractivity (Wildman–Crippen MR) is 71.9 cm³/mol. The van der Waals surface area contributed by atoms with E-state index in [0.717, 1.165) is 5.56 Å². The number of amides is 2. The summed E-state index contributed by atoms with van der Waals surface area (Å²) in [4.78, 5) is 22.5. The molecule has 0 saturated carbocycles. The van der Waals surface area contributed by atoms with Crippen LogP contribution in [0.4, 0.5) is 9.59 Å². The molecular weight excluding hydrogens is 264 g/mol. The summed E-state index contributed by atoms with van der Waals surface area (Å²) in [6.45, 7) is 7.34. The zero-order valence-electron chi connectivity index (χ0n) is 11.3. The summed E-state index contributed by atoms with van der Waals surface area (Å²) in [5.41, 5.74) is 0.945. The van der Waals surface area contributed by atoms with Crippen LogP contribution in [0.3, 0.4) is 0 Å². The summed E-state index contributed by atoms with van der Waals surface area (Å²) < 4.78 is 9.87. The number of ether oxygens (including phenoxy) is 1. The Kier molecular flexibility index (Phi) is 4.93. The lowest BCUT2D eigenvalue weighted by Crippen LogP contribution is -2.27. The molecule has 0 aliphatic carbocycles. The van der Waals surface area contributed by atoms with Crippen LogP contribution in [0.1, 0.15) is 5.56 Å². The quantitative estimate of drug-likeness (QED) is 0.607. The van der Waals surface area contributed by atoms with E-state index >= 15 is 0 Å². The zero-order valence-corrected chi connectivity index (χ0v) is 12.3. The van der Waals surface area contributed by atoms with Crippen LogP contribution in [-0.2, 0) is 4.43 Å². The Morgan fingerprint density at radius 3 is 2.32 bits per heavy atom. The second kappa shape index (κ2) is 6.23. The largest absolute Gasteiger partial charge is 0.502 e. The highest BCUT2D eigenvalue weighted by Crippen LogP contribution is 2.13. The average Bonchev–Trinajstić information content (AvgIpc) is 2.24. The van der Waals surface area contributed by atoms with Crippen LogP contribution < -0.4 is 4.74 Å². The number of carbonyl (C=O) groups excluding carboxylic acids is 2. The minimum absolute atomic E-state index is 0.350. The Labute approximate surface area is 112 Å². The van der Waals surface area contributed by atoms with Gasteiger partial charge in [-0.25, -0.2) is 9.59 Å². The normalized spacial score (nSPS) is 11.4. The number of aryl methyl sites for hydroxylation is 1. The second-order valence-electron chi connectivity index (χ2n) is 4.86. The Hall–Kier alpha value is -2.02. The minimum Gasteiger partial charge on any atom is -0.502 e. The molecule has 0 bridgehead atoms. The van der Waals surface area contributed by atoms with Gasteiger partial charge in [0.1, 0.15) is 5.75 Å². The van der Waals surface area contributed by atoms with Crippen molar-refractivity contribution in [1.29, 1.82) is 0 Å². The molecule has 0 saturated heterocycles. The van der Waals surface area contributed by atoms with E-state index in [-0.39, 0.29) is 0 Å². The van der Waals surface area contributed by atoms with Gasteiger partial charge in [0, 0.05) is 0 Å². The molecular formula is C12H16N2O4Si. The molecule has 0 radical (unpaired) electrons. The van der Waals surface area contributed by atoms with E-state index in [1.165, 1.54) is 0 Å². The van der Waals surface area contributed by atoms with Crippen molar-refractivity contribution in [2.75, 3.05) is 0 Å². The molecule has 0 spiro atoms. The van der Waals surface area contributed by atoms with Gasteiger partial charge in [0.15, 0.2) is 0 Å². The highest BCUT2D eigenvalue weighted by atomic mass is 28.4. The fourth-order valence-electron chi connectivity index (χ4n) is 1.16. The van der Waals surface area contributed by atoms with E-state index in [4.69, 9.17) is 9.16 Å². The van der Waals surface area contributed by atoms with E-state index in [2.05, 4.69) is 10.2 Å². The molecule has 1 aromatic rings. The molecule has 6 nitrogen and oxygen atoms in total. The molecule has 0 aliphatic rings. The average molecular weight is 280 g/mol.